The standard InChI is InChI=1S/C18H16ClN3OS/c1-20-15-9-4-3-8-14(15)16-17(24-2)18(23)22(11-21-16)13-7-5-6-12(19)10-13/h3-11,20H,1-2H3. The number of rotatable bonds is 4. The topological polar surface area (TPSA) is 46.9 Å². The number of hydrogen-bond donors (Lipinski definition) is 1. The van der Waals surface area contributed by atoms with Gasteiger partial charge in [0.2, 0.25) is 0 Å². The molecule has 0 spiro atoms. The lowest BCUT2D eigenvalue weighted by molar-refractivity contribution is 0.897. The van der Waals surface area contributed by atoms with Gasteiger partial charge in [-0.1, -0.05) is 35.9 Å². The van der Waals surface area contributed by atoms with E-state index in [4.69, 9.17) is 11.6 Å². The van der Waals surface area contributed by atoms with Crippen LogP contribution in [0.2, 0.25) is 5.02 Å². The summed E-state index contributed by atoms with van der Waals surface area (Å²) in [7, 11) is 1.85. The van der Waals surface area contributed by atoms with Crippen molar-refractivity contribution in [1.29, 1.82) is 0 Å². The molecule has 6 heteroatoms. The molecule has 1 N–H and O–H groups in total. The second-order valence-corrected chi connectivity index (χ2v) is 6.33. The van der Waals surface area contributed by atoms with Gasteiger partial charge in [-0.15, -0.1) is 11.8 Å². The van der Waals surface area contributed by atoms with Gasteiger partial charge in [-0.05, 0) is 30.5 Å². The third-order valence-corrected chi connectivity index (χ3v) is 4.68. The van der Waals surface area contributed by atoms with E-state index in [0.29, 0.717) is 21.3 Å². The predicted molar refractivity (Wildman–Crippen MR) is 102 cm³/mol. The number of aromatic nitrogens is 2. The van der Waals surface area contributed by atoms with Crippen LogP contribution in [-0.4, -0.2) is 22.9 Å². The molecular formula is C18H16ClN3OS. The number of para-hydroxylation sites is 1. The van der Waals surface area contributed by atoms with E-state index in [1.807, 2.05) is 49.7 Å². The van der Waals surface area contributed by atoms with Gasteiger partial charge in [-0.25, -0.2) is 4.98 Å². The first-order valence-electron chi connectivity index (χ1n) is 7.34. The quantitative estimate of drug-likeness (QED) is 0.706. The Morgan fingerprint density at radius 3 is 2.67 bits per heavy atom. The van der Waals surface area contributed by atoms with Crippen LogP contribution in [0.1, 0.15) is 0 Å². The van der Waals surface area contributed by atoms with Crippen LogP contribution in [-0.2, 0) is 0 Å². The summed E-state index contributed by atoms with van der Waals surface area (Å²) < 4.78 is 1.52. The van der Waals surface area contributed by atoms with Crippen LogP contribution in [0.15, 0.2) is 64.5 Å². The van der Waals surface area contributed by atoms with Crippen molar-refractivity contribution in [1.82, 2.24) is 9.55 Å². The highest BCUT2D eigenvalue weighted by Crippen LogP contribution is 2.31. The van der Waals surface area contributed by atoms with Crippen LogP contribution in [0.25, 0.3) is 16.9 Å². The molecule has 0 unspecified atom stereocenters. The van der Waals surface area contributed by atoms with Crippen LogP contribution in [0.4, 0.5) is 5.69 Å². The molecule has 0 aliphatic rings. The van der Waals surface area contributed by atoms with Gasteiger partial charge in [0, 0.05) is 23.3 Å². The third-order valence-electron chi connectivity index (χ3n) is 3.67. The highest BCUT2D eigenvalue weighted by atomic mass is 35.5. The summed E-state index contributed by atoms with van der Waals surface area (Å²) in [4.78, 5) is 18.1. The number of nitrogens with one attached hydrogen (secondary N) is 1. The lowest BCUT2D eigenvalue weighted by Gasteiger charge is -2.13. The van der Waals surface area contributed by atoms with Gasteiger partial charge in [0.1, 0.15) is 6.33 Å². The predicted octanol–water partition coefficient (Wildman–Crippen LogP) is 4.32. The Bertz CT molecular complexity index is 940. The monoisotopic (exact) mass is 357 g/mol. The number of thioether (sulfide) groups is 1. The Morgan fingerprint density at radius 2 is 1.96 bits per heavy atom. The summed E-state index contributed by atoms with van der Waals surface area (Å²) in [5.41, 5.74) is 3.10. The zero-order chi connectivity index (χ0) is 17.1. The van der Waals surface area contributed by atoms with Crippen LogP contribution < -0.4 is 10.9 Å². The molecule has 0 amide bonds. The van der Waals surface area contributed by atoms with Crippen LogP contribution in [0.3, 0.4) is 0 Å². The summed E-state index contributed by atoms with van der Waals surface area (Å²) in [5.74, 6) is 0. The number of hydrogen-bond acceptors (Lipinski definition) is 4. The van der Waals surface area contributed by atoms with E-state index in [1.165, 1.54) is 16.3 Å². The Hall–Kier alpha value is -2.24. The molecule has 0 aliphatic carbocycles. The minimum atomic E-state index is -0.110. The van der Waals surface area contributed by atoms with Crippen LogP contribution in [0.5, 0.6) is 0 Å². The van der Waals surface area contributed by atoms with E-state index in [-0.39, 0.29) is 5.56 Å². The molecular weight excluding hydrogens is 342 g/mol. The minimum absolute atomic E-state index is 0.110. The smallest absolute Gasteiger partial charge is 0.272 e. The first-order chi connectivity index (χ1) is 11.7. The van der Waals surface area contributed by atoms with Crippen molar-refractivity contribution in [3.05, 3.63) is 70.2 Å². The van der Waals surface area contributed by atoms with E-state index in [2.05, 4.69) is 10.3 Å². The van der Waals surface area contributed by atoms with Crippen molar-refractivity contribution < 1.29 is 0 Å². The molecule has 0 radical (unpaired) electrons. The van der Waals surface area contributed by atoms with Gasteiger partial charge in [-0.2, -0.15) is 0 Å². The second-order valence-electron chi connectivity index (χ2n) is 5.08. The fourth-order valence-corrected chi connectivity index (χ4v) is 3.34. The number of benzene rings is 2. The van der Waals surface area contributed by atoms with Crippen molar-refractivity contribution in [2.45, 2.75) is 4.90 Å². The van der Waals surface area contributed by atoms with Gasteiger partial charge in [0.05, 0.1) is 16.3 Å². The van der Waals surface area contributed by atoms with Crippen molar-refractivity contribution >= 4 is 29.1 Å². The minimum Gasteiger partial charge on any atom is -0.388 e. The molecule has 3 aromatic rings. The molecule has 0 aliphatic heterocycles. The molecule has 122 valence electrons. The molecule has 0 saturated carbocycles. The largest absolute Gasteiger partial charge is 0.388 e. The lowest BCUT2D eigenvalue weighted by atomic mass is 10.1. The van der Waals surface area contributed by atoms with Crippen molar-refractivity contribution in [2.24, 2.45) is 0 Å². The van der Waals surface area contributed by atoms with Crippen molar-refractivity contribution in [3.8, 4) is 16.9 Å². The van der Waals surface area contributed by atoms with Gasteiger partial charge in [0.15, 0.2) is 0 Å². The van der Waals surface area contributed by atoms with E-state index >= 15 is 0 Å². The normalized spacial score (nSPS) is 10.6. The maximum Gasteiger partial charge on any atom is 0.272 e. The van der Waals surface area contributed by atoms with Crippen molar-refractivity contribution in [3.63, 3.8) is 0 Å². The summed E-state index contributed by atoms with van der Waals surface area (Å²) >= 11 is 7.43. The van der Waals surface area contributed by atoms with Gasteiger partial charge in [-0.3, -0.25) is 9.36 Å². The van der Waals surface area contributed by atoms with Crippen LogP contribution in [0, 0.1) is 0 Å². The SMILES string of the molecule is CNc1ccccc1-c1ncn(-c2cccc(Cl)c2)c(=O)c1SC. The average Bonchev–Trinajstić information content (AvgIpc) is 2.61. The Morgan fingerprint density at radius 1 is 1.17 bits per heavy atom. The van der Waals surface area contributed by atoms with Gasteiger partial charge < -0.3 is 5.32 Å². The molecule has 3 rings (SSSR count). The maximum absolute atomic E-state index is 12.9. The lowest BCUT2D eigenvalue weighted by Crippen LogP contribution is -2.21. The molecule has 2 aromatic carbocycles. The zero-order valence-electron chi connectivity index (χ0n) is 13.3. The molecule has 24 heavy (non-hydrogen) atoms. The van der Waals surface area contributed by atoms with E-state index in [0.717, 1.165) is 11.3 Å². The maximum atomic E-state index is 12.9. The molecule has 1 heterocycles. The number of halogens is 1. The van der Waals surface area contributed by atoms with E-state index in [1.54, 1.807) is 18.5 Å². The van der Waals surface area contributed by atoms with Gasteiger partial charge >= 0.3 is 0 Å². The fraction of sp³-hybridized carbons (Fsp3) is 0.111. The zero-order valence-corrected chi connectivity index (χ0v) is 14.9. The average molecular weight is 358 g/mol. The molecule has 4 nitrogen and oxygen atoms in total. The highest BCUT2D eigenvalue weighted by Gasteiger charge is 2.16. The van der Waals surface area contributed by atoms with Crippen LogP contribution >= 0.6 is 23.4 Å². The number of nitrogens with zero attached hydrogens (tertiary/aromatic N) is 2. The van der Waals surface area contributed by atoms with Gasteiger partial charge in [0.25, 0.3) is 5.56 Å². The van der Waals surface area contributed by atoms with Crippen molar-refractivity contribution in [2.75, 3.05) is 18.6 Å². The summed E-state index contributed by atoms with van der Waals surface area (Å²) in [6.07, 6.45) is 3.43. The fourth-order valence-electron chi connectivity index (χ4n) is 2.53. The first kappa shape index (κ1) is 16.6. The number of anilines is 1. The highest BCUT2D eigenvalue weighted by molar-refractivity contribution is 7.98. The summed E-state index contributed by atoms with van der Waals surface area (Å²) in [6.45, 7) is 0. The summed E-state index contributed by atoms with van der Waals surface area (Å²) in [6, 6.07) is 15.0. The molecule has 0 fully saturated rings. The molecule has 1 aromatic heterocycles. The third kappa shape index (κ3) is 3.05. The molecule has 0 saturated heterocycles. The van der Waals surface area contributed by atoms with E-state index in [9.17, 15) is 4.79 Å². The molecule has 0 bridgehead atoms. The molecule has 0 atom stereocenters. The Kier molecular flexibility index (Phi) is 4.92. The van der Waals surface area contributed by atoms with E-state index < -0.39 is 0 Å². The Balaban J connectivity index is 2.21. The second kappa shape index (κ2) is 7.11. The first-order valence-corrected chi connectivity index (χ1v) is 8.94. The Labute approximate surface area is 149 Å². The summed E-state index contributed by atoms with van der Waals surface area (Å²) in [5, 5.41) is 3.72.